The predicted octanol–water partition coefficient (Wildman–Crippen LogP) is 5.25. The summed E-state index contributed by atoms with van der Waals surface area (Å²) in [6.45, 7) is 0. The average molecular weight is 355 g/mol. The Bertz CT molecular complexity index is 1050. The van der Waals surface area contributed by atoms with E-state index in [1.165, 1.54) is 0 Å². The van der Waals surface area contributed by atoms with Gasteiger partial charge < -0.3 is 9.15 Å². The molecule has 4 rings (SSSR count). The molecular formula is C23H17NO3. The Hall–Kier alpha value is -3.66. The molecule has 0 saturated carbocycles. The van der Waals surface area contributed by atoms with E-state index in [2.05, 4.69) is 4.98 Å². The summed E-state index contributed by atoms with van der Waals surface area (Å²) in [6, 6.07) is 26.0. The van der Waals surface area contributed by atoms with Crippen molar-refractivity contribution in [3.05, 3.63) is 96.3 Å². The second-order valence-corrected chi connectivity index (χ2v) is 5.99. The Morgan fingerprint density at radius 3 is 2.07 bits per heavy atom. The summed E-state index contributed by atoms with van der Waals surface area (Å²) in [5, 5.41) is 0. The van der Waals surface area contributed by atoms with Gasteiger partial charge in [0.2, 0.25) is 17.4 Å². The minimum absolute atomic E-state index is 0.193. The minimum Gasteiger partial charge on any atom is -0.497 e. The molecule has 0 spiro atoms. The molecule has 27 heavy (non-hydrogen) atoms. The lowest BCUT2D eigenvalue weighted by Gasteiger charge is -2.01. The van der Waals surface area contributed by atoms with Crippen molar-refractivity contribution in [2.45, 2.75) is 0 Å². The van der Waals surface area contributed by atoms with E-state index in [9.17, 15) is 4.79 Å². The lowest BCUT2D eigenvalue weighted by atomic mass is 10.0. The van der Waals surface area contributed by atoms with Gasteiger partial charge in [0, 0.05) is 16.7 Å². The van der Waals surface area contributed by atoms with Crippen LogP contribution in [-0.2, 0) is 0 Å². The molecule has 0 N–H and O–H groups in total. The highest BCUT2D eigenvalue weighted by atomic mass is 16.5. The lowest BCUT2D eigenvalue weighted by Crippen LogP contribution is -2.01. The Morgan fingerprint density at radius 1 is 0.815 bits per heavy atom. The monoisotopic (exact) mass is 355 g/mol. The summed E-state index contributed by atoms with van der Waals surface area (Å²) < 4.78 is 11.1. The van der Waals surface area contributed by atoms with Crippen LogP contribution in [0.1, 0.15) is 16.1 Å². The molecule has 0 aliphatic rings. The molecule has 0 atom stereocenters. The summed E-state index contributed by atoms with van der Waals surface area (Å²) in [4.78, 5) is 17.7. The highest BCUT2D eigenvalue weighted by molar-refractivity contribution is 6.10. The van der Waals surface area contributed by atoms with Gasteiger partial charge in [0.25, 0.3) is 0 Å². The number of benzene rings is 3. The maximum atomic E-state index is 13.0. The summed E-state index contributed by atoms with van der Waals surface area (Å²) in [5.74, 6) is 1.19. The van der Waals surface area contributed by atoms with E-state index in [-0.39, 0.29) is 11.5 Å². The van der Waals surface area contributed by atoms with Crippen molar-refractivity contribution in [3.8, 4) is 28.5 Å². The van der Waals surface area contributed by atoms with Crippen LogP contribution in [0.25, 0.3) is 22.7 Å². The van der Waals surface area contributed by atoms with E-state index in [1.807, 2.05) is 72.8 Å². The molecule has 0 amide bonds. The van der Waals surface area contributed by atoms with Gasteiger partial charge >= 0.3 is 0 Å². The Kier molecular flexibility index (Phi) is 4.54. The lowest BCUT2D eigenvalue weighted by molar-refractivity contribution is 0.101. The van der Waals surface area contributed by atoms with Gasteiger partial charge in [-0.1, -0.05) is 60.7 Å². The number of hydrogen-bond donors (Lipinski definition) is 0. The number of nitrogens with zero attached hydrogens (tertiary/aromatic N) is 1. The van der Waals surface area contributed by atoms with Gasteiger partial charge in [0.1, 0.15) is 11.4 Å². The van der Waals surface area contributed by atoms with E-state index >= 15 is 0 Å². The van der Waals surface area contributed by atoms with Gasteiger partial charge in [-0.25, -0.2) is 4.98 Å². The SMILES string of the molecule is COc1ccc(-c2nc(-c3ccccc3)c(C(=O)c3ccccc3)o2)cc1. The van der Waals surface area contributed by atoms with Gasteiger partial charge in [-0.3, -0.25) is 4.79 Å². The van der Waals surface area contributed by atoms with Crippen molar-refractivity contribution < 1.29 is 13.9 Å². The smallest absolute Gasteiger partial charge is 0.230 e. The first-order chi connectivity index (χ1) is 13.3. The first-order valence-corrected chi connectivity index (χ1v) is 8.56. The van der Waals surface area contributed by atoms with E-state index in [0.717, 1.165) is 16.9 Å². The number of methoxy groups -OCH3 is 1. The zero-order valence-electron chi connectivity index (χ0n) is 14.8. The molecule has 0 radical (unpaired) electrons. The highest BCUT2D eigenvalue weighted by Crippen LogP contribution is 2.31. The summed E-state index contributed by atoms with van der Waals surface area (Å²) in [5.41, 5.74) is 2.71. The molecule has 1 aromatic heterocycles. The molecule has 0 aliphatic carbocycles. The molecule has 0 unspecified atom stereocenters. The number of hydrogen-bond acceptors (Lipinski definition) is 4. The predicted molar refractivity (Wildman–Crippen MR) is 104 cm³/mol. The molecule has 4 aromatic rings. The summed E-state index contributed by atoms with van der Waals surface area (Å²) in [6.07, 6.45) is 0. The molecule has 4 nitrogen and oxygen atoms in total. The van der Waals surface area contributed by atoms with Crippen molar-refractivity contribution in [3.63, 3.8) is 0 Å². The molecular weight excluding hydrogens is 338 g/mol. The van der Waals surface area contributed by atoms with Crippen LogP contribution in [0.2, 0.25) is 0 Å². The first kappa shape index (κ1) is 16.8. The molecule has 0 saturated heterocycles. The van der Waals surface area contributed by atoms with Crippen LogP contribution in [-0.4, -0.2) is 17.9 Å². The van der Waals surface area contributed by atoms with Crippen molar-refractivity contribution in [2.24, 2.45) is 0 Å². The second kappa shape index (κ2) is 7.30. The Labute approximate surface area is 157 Å². The number of ketones is 1. The Balaban J connectivity index is 1.83. The fourth-order valence-corrected chi connectivity index (χ4v) is 2.84. The number of oxazole rings is 1. The zero-order valence-corrected chi connectivity index (χ0v) is 14.8. The molecule has 4 heteroatoms. The standard InChI is InChI=1S/C23H17NO3/c1-26-19-14-12-18(13-15-19)23-24-20(16-8-4-2-5-9-16)22(27-23)21(25)17-10-6-3-7-11-17/h2-15H,1H3. The maximum absolute atomic E-state index is 13.0. The summed E-state index contributed by atoms with van der Waals surface area (Å²) >= 11 is 0. The van der Waals surface area contributed by atoms with E-state index in [0.29, 0.717) is 17.1 Å². The van der Waals surface area contributed by atoms with E-state index in [1.54, 1.807) is 19.2 Å². The molecule has 0 bridgehead atoms. The number of rotatable bonds is 5. The van der Waals surface area contributed by atoms with Crippen molar-refractivity contribution >= 4 is 5.78 Å². The second-order valence-electron chi connectivity index (χ2n) is 5.99. The van der Waals surface area contributed by atoms with Gasteiger partial charge in [-0.05, 0) is 24.3 Å². The van der Waals surface area contributed by atoms with Crippen LogP contribution in [0.5, 0.6) is 5.75 Å². The van der Waals surface area contributed by atoms with Gasteiger partial charge in [-0.2, -0.15) is 0 Å². The number of ether oxygens (including phenoxy) is 1. The fraction of sp³-hybridized carbons (Fsp3) is 0.0435. The van der Waals surface area contributed by atoms with Crippen LogP contribution in [0, 0.1) is 0 Å². The van der Waals surface area contributed by atoms with Crippen molar-refractivity contribution in [1.29, 1.82) is 0 Å². The van der Waals surface area contributed by atoms with Gasteiger partial charge in [0.05, 0.1) is 7.11 Å². The van der Waals surface area contributed by atoms with Crippen LogP contribution in [0.4, 0.5) is 0 Å². The Morgan fingerprint density at radius 2 is 1.44 bits per heavy atom. The fourth-order valence-electron chi connectivity index (χ4n) is 2.84. The third-order valence-electron chi connectivity index (χ3n) is 4.25. The average Bonchev–Trinajstić information content (AvgIpc) is 3.20. The van der Waals surface area contributed by atoms with Crippen LogP contribution < -0.4 is 4.74 Å². The highest BCUT2D eigenvalue weighted by Gasteiger charge is 2.23. The van der Waals surface area contributed by atoms with Crippen molar-refractivity contribution in [1.82, 2.24) is 4.98 Å². The first-order valence-electron chi connectivity index (χ1n) is 8.56. The normalized spacial score (nSPS) is 10.6. The molecule has 0 aliphatic heterocycles. The van der Waals surface area contributed by atoms with Gasteiger partial charge in [-0.15, -0.1) is 0 Å². The molecule has 1 heterocycles. The number of carbonyl (C=O) groups excluding carboxylic acids is 1. The van der Waals surface area contributed by atoms with Crippen LogP contribution in [0.3, 0.4) is 0 Å². The molecule has 3 aromatic carbocycles. The maximum Gasteiger partial charge on any atom is 0.230 e. The van der Waals surface area contributed by atoms with Crippen LogP contribution in [0.15, 0.2) is 89.3 Å². The van der Waals surface area contributed by atoms with Gasteiger partial charge in [0.15, 0.2) is 0 Å². The molecule has 132 valence electrons. The molecule has 0 fully saturated rings. The largest absolute Gasteiger partial charge is 0.497 e. The third kappa shape index (κ3) is 3.37. The van der Waals surface area contributed by atoms with Crippen LogP contribution >= 0.6 is 0 Å². The number of aromatic nitrogens is 1. The quantitative estimate of drug-likeness (QED) is 0.459. The number of carbonyl (C=O) groups is 1. The van der Waals surface area contributed by atoms with Crippen molar-refractivity contribution in [2.75, 3.05) is 7.11 Å². The van der Waals surface area contributed by atoms with E-state index < -0.39 is 0 Å². The summed E-state index contributed by atoms with van der Waals surface area (Å²) in [7, 11) is 1.62. The van der Waals surface area contributed by atoms with E-state index in [4.69, 9.17) is 9.15 Å². The minimum atomic E-state index is -0.193. The zero-order chi connectivity index (χ0) is 18.6. The third-order valence-corrected chi connectivity index (χ3v) is 4.25. The topological polar surface area (TPSA) is 52.3 Å².